The summed E-state index contributed by atoms with van der Waals surface area (Å²) in [6.45, 7) is 7.65. The molecule has 0 spiro atoms. The smallest absolute Gasteiger partial charge is 0.246 e. The summed E-state index contributed by atoms with van der Waals surface area (Å²) in [5.41, 5.74) is 0. The van der Waals surface area contributed by atoms with Crippen molar-refractivity contribution in [3.8, 4) is 0 Å². The molecule has 0 saturated carbocycles. The van der Waals surface area contributed by atoms with E-state index in [1.54, 1.807) is 0 Å². The average Bonchev–Trinajstić information content (AvgIpc) is 2.66. The van der Waals surface area contributed by atoms with Crippen molar-refractivity contribution in [2.45, 2.75) is 58.8 Å². The van der Waals surface area contributed by atoms with Gasteiger partial charge < -0.3 is 24.3 Å². The fraction of sp³-hybridized carbons (Fsp3) is 0.900. The van der Waals surface area contributed by atoms with Crippen LogP contribution in [-0.2, 0) is 28.5 Å². The van der Waals surface area contributed by atoms with E-state index in [9.17, 15) is 9.59 Å². The van der Waals surface area contributed by atoms with Crippen LogP contribution in [0, 0.1) is 0 Å². The minimum Gasteiger partial charge on any atom is -0.379 e. The Bertz CT molecular complexity index is 351. The van der Waals surface area contributed by atoms with Crippen molar-refractivity contribution in [3.63, 3.8) is 0 Å². The van der Waals surface area contributed by atoms with Gasteiger partial charge in [-0.15, -0.1) is 0 Å². The summed E-state index contributed by atoms with van der Waals surface area (Å²) in [5.74, 6) is -0.0197. The predicted molar refractivity (Wildman–Crippen MR) is 105 cm³/mol. The Morgan fingerprint density at radius 3 is 2.00 bits per heavy atom. The van der Waals surface area contributed by atoms with Crippen molar-refractivity contribution in [2.24, 2.45) is 0 Å². The van der Waals surface area contributed by atoms with E-state index in [4.69, 9.17) is 18.9 Å². The van der Waals surface area contributed by atoms with Crippen LogP contribution in [-0.4, -0.2) is 71.1 Å². The average molecular weight is 390 g/mol. The molecule has 0 saturated heterocycles. The zero-order valence-electron chi connectivity index (χ0n) is 17.3. The predicted octanol–water partition coefficient (Wildman–Crippen LogP) is 2.51. The summed E-state index contributed by atoms with van der Waals surface area (Å²) in [6.07, 6.45) is 7.30. The van der Waals surface area contributed by atoms with Crippen LogP contribution in [0.1, 0.15) is 58.8 Å². The molecule has 0 aromatic rings. The Balaban J connectivity index is 3.25. The van der Waals surface area contributed by atoms with E-state index in [-0.39, 0.29) is 24.9 Å². The highest BCUT2D eigenvalue weighted by Gasteiger charge is 2.03. The summed E-state index contributed by atoms with van der Waals surface area (Å²) >= 11 is 0. The third kappa shape index (κ3) is 21.1. The molecule has 7 nitrogen and oxygen atoms in total. The number of ketones is 1. The SMILES string of the molecule is CCCCCCCC(=O)COCCOCCNC(=O)COCCOCCC. The molecule has 0 atom stereocenters. The van der Waals surface area contributed by atoms with Gasteiger partial charge >= 0.3 is 0 Å². The van der Waals surface area contributed by atoms with Crippen molar-refractivity contribution in [1.82, 2.24) is 5.32 Å². The third-order valence-corrected chi connectivity index (χ3v) is 3.72. The maximum Gasteiger partial charge on any atom is 0.246 e. The summed E-state index contributed by atoms with van der Waals surface area (Å²) in [7, 11) is 0. The van der Waals surface area contributed by atoms with Crippen molar-refractivity contribution in [3.05, 3.63) is 0 Å². The van der Waals surface area contributed by atoms with Gasteiger partial charge in [-0.25, -0.2) is 0 Å². The zero-order valence-corrected chi connectivity index (χ0v) is 17.3. The van der Waals surface area contributed by atoms with Crippen LogP contribution in [0.3, 0.4) is 0 Å². The first-order valence-corrected chi connectivity index (χ1v) is 10.3. The Morgan fingerprint density at radius 1 is 0.667 bits per heavy atom. The number of carbonyl (C=O) groups is 2. The number of hydrogen-bond donors (Lipinski definition) is 1. The van der Waals surface area contributed by atoms with Gasteiger partial charge in [0.2, 0.25) is 5.91 Å². The fourth-order valence-electron chi connectivity index (χ4n) is 2.25. The van der Waals surface area contributed by atoms with E-state index >= 15 is 0 Å². The molecule has 7 heteroatoms. The quantitative estimate of drug-likeness (QED) is 0.304. The first kappa shape index (κ1) is 26.0. The topological polar surface area (TPSA) is 83.1 Å². The molecule has 1 amide bonds. The molecule has 160 valence electrons. The summed E-state index contributed by atoms with van der Waals surface area (Å²) in [4.78, 5) is 23.1. The van der Waals surface area contributed by atoms with Gasteiger partial charge in [-0.3, -0.25) is 9.59 Å². The summed E-state index contributed by atoms with van der Waals surface area (Å²) in [5, 5.41) is 2.71. The van der Waals surface area contributed by atoms with Gasteiger partial charge in [-0.2, -0.15) is 0 Å². The van der Waals surface area contributed by atoms with Crippen LogP contribution in [0.25, 0.3) is 0 Å². The number of Topliss-reactive ketones (excluding diaryl/α,β-unsaturated/α-hetero) is 1. The maximum atomic E-state index is 11.6. The number of carbonyl (C=O) groups excluding carboxylic acids is 2. The first-order chi connectivity index (χ1) is 13.2. The standard InChI is InChI=1S/C20H39NO6/c1-3-5-6-7-8-9-19(22)17-26-15-14-25-12-10-21-20(23)18-27-16-13-24-11-4-2/h3-18H2,1-2H3,(H,21,23). The van der Waals surface area contributed by atoms with Crippen molar-refractivity contribution in [2.75, 3.05) is 59.4 Å². The number of amides is 1. The Labute approximate surface area is 164 Å². The zero-order chi connectivity index (χ0) is 20.0. The second-order valence-corrected chi connectivity index (χ2v) is 6.38. The lowest BCUT2D eigenvalue weighted by molar-refractivity contribution is -0.127. The van der Waals surface area contributed by atoms with E-state index in [0.29, 0.717) is 52.6 Å². The Morgan fingerprint density at radius 2 is 1.30 bits per heavy atom. The molecule has 1 N–H and O–H groups in total. The highest BCUT2D eigenvalue weighted by Crippen LogP contribution is 2.05. The van der Waals surface area contributed by atoms with Crippen LogP contribution in [0.2, 0.25) is 0 Å². The highest BCUT2D eigenvalue weighted by molar-refractivity contribution is 5.79. The second-order valence-electron chi connectivity index (χ2n) is 6.38. The molecular weight excluding hydrogens is 350 g/mol. The lowest BCUT2D eigenvalue weighted by Crippen LogP contribution is -2.31. The number of ether oxygens (including phenoxy) is 4. The van der Waals surface area contributed by atoms with Gasteiger partial charge in [0.15, 0.2) is 5.78 Å². The molecule has 0 fully saturated rings. The molecule has 0 heterocycles. The minimum atomic E-state index is -0.171. The van der Waals surface area contributed by atoms with Crippen LogP contribution in [0.4, 0.5) is 0 Å². The van der Waals surface area contributed by atoms with Crippen molar-refractivity contribution in [1.29, 1.82) is 0 Å². The summed E-state index contributed by atoms with van der Waals surface area (Å²) in [6, 6.07) is 0. The minimum absolute atomic E-state index is 0.0269. The number of nitrogens with one attached hydrogen (secondary N) is 1. The van der Waals surface area contributed by atoms with E-state index in [2.05, 4.69) is 12.2 Å². The molecule has 0 rings (SSSR count). The van der Waals surface area contributed by atoms with E-state index in [1.165, 1.54) is 19.3 Å². The van der Waals surface area contributed by atoms with E-state index in [0.717, 1.165) is 19.3 Å². The van der Waals surface area contributed by atoms with E-state index < -0.39 is 0 Å². The summed E-state index contributed by atoms with van der Waals surface area (Å²) < 4.78 is 21.1. The van der Waals surface area contributed by atoms with Gasteiger partial charge in [0, 0.05) is 19.6 Å². The molecule has 0 aromatic carbocycles. The highest BCUT2D eigenvalue weighted by atomic mass is 16.5. The molecule has 0 aliphatic rings. The normalized spacial score (nSPS) is 10.9. The second kappa shape index (κ2) is 21.3. The maximum absolute atomic E-state index is 11.6. The molecule has 0 aliphatic carbocycles. The molecule has 0 unspecified atom stereocenters. The number of rotatable bonds is 21. The van der Waals surface area contributed by atoms with Gasteiger partial charge in [-0.05, 0) is 12.8 Å². The van der Waals surface area contributed by atoms with Crippen molar-refractivity contribution >= 4 is 11.7 Å². The lowest BCUT2D eigenvalue weighted by Gasteiger charge is -2.08. The van der Waals surface area contributed by atoms with Crippen LogP contribution < -0.4 is 5.32 Å². The molecule has 0 radical (unpaired) electrons. The van der Waals surface area contributed by atoms with Crippen LogP contribution >= 0.6 is 0 Å². The molecule has 0 aromatic heterocycles. The molecule has 0 bridgehead atoms. The van der Waals surface area contributed by atoms with Gasteiger partial charge in [0.05, 0.1) is 33.0 Å². The molecule has 0 aliphatic heterocycles. The Kier molecular flexibility index (Phi) is 20.5. The Hall–Kier alpha value is -1.02. The van der Waals surface area contributed by atoms with E-state index in [1.807, 2.05) is 6.92 Å². The van der Waals surface area contributed by atoms with Gasteiger partial charge in [0.1, 0.15) is 13.2 Å². The first-order valence-electron chi connectivity index (χ1n) is 10.3. The van der Waals surface area contributed by atoms with Gasteiger partial charge in [-0.1, -0.05) is 39.5 Å². The lowest BCUT2D eigenvalue weighted by atomic mass is 10.1. The fourth-order valence-corrected chi connectivity index (χ4v) is 2.25. The molecule has 27 heavy (non-hydrogen) atoms. The number of unbranched alkanes of at least 4 members (excludes halogenated alkanes) is 4. The molecular formula is C20H39NO6. The van der Waals surface area contributed by atoms with Gasteiger partial charge in [0.25, 0.3) is 0 Å². The van der Waals surface area contributed by atoms with Crippen LogP contribution in [0.15, 0.2) is 0 Å². The third-order valence-electron chi connectivity index (χ3n) is 3.72. The monoisotopic (exact) mass is 389 g/mol. The van der Waals surface area contributed by atoms with Crippen molar-refractivity contribution < 1.29 is 28.5 Å². The van der Waals surface area contributed by atoms with Crippen LogP contribution in [0.5, 0.6) is 0 Å². The largest absolute Gasteiger partial charge is 0.379 e. The number of hydrogen-bond acceptors (Lipinski definition) is 6.